The van der Waals surface area contributed by atoms with Crippen molar-refractivity contribution < 1.29 is 8.42 Å². The van der Waals surface area contributed by atoms with E-state index >= 15 is 0 Å². The maximum Gasteiger partial charge on any atom is 0.271 e. The molecule has 0 aliphatic carbocycles. The molecule has 0 spiro atoms. The SMILES string of the molecule is CSc1cccc(NS(=O)(=O)c2ccc(C(N)=S)s2)c1. The Hall–Kier alpha value is -1.09. The van der Waals surface area contributed by atoms with Crippen LogP contribution in [0.4, 0.5) is 5.69 Å². The molecule has 0 fully saturated rings. The van der Waals surface area contributed by atoms with E-state index in [1.165, 1.54) is 6.07 Å². The average Bonchev–Trinajstić information content (AvgIpc) is 2.89. The summed E-state index contributed by atoms with van der Waals surface area (Å²) in [5.74, 6) is 0. The second-order valence-corrected chi connectivity index (χ2v) is 8.13. The van der Waals surface area contributed by atoms with Gasteiger partial charge in [0, 0.05) is 10.6 Å². The lowest BCUT2D eigenvalue weighted by Gasteiger charge is -2.07. The summed E-state index contributed by atoms with van der Waals surface area (Å²) in [6, 6.07) is 10.3. The molecule has 0 amide bonds. The predicted octanol–water partition coefficient (Wildman–Crippen LogP) is 2.91. The standard InChI is InChI=1S/C12H12N2O2S4/c1-18-9-4-2-3-8(7-9)14-20(15,16)11-6-5-10(19-11)12(13)17/h2-7,14H,1H3,(H2,13,17). The zero-order chi connectivity index (χ0) is 14.8. The fourth-order valence-corrected chi connectivity index (χ4v) is 4.35. The number of hydrogen-bond acceptors (Lipinski definition) is 5. The van der Waals surface area contributed by atoms with Crippen LogP contribution in [0.15, 0.2) is 45.5 Å². The number of thiophene rings is 1. The fraction of sp³-hybridized carbons (Fsp3) is 0.0833. The minimum atomic E-state index is -3.61. The molecule has 0 atom stereocenters. The Balaban J connectivity index is 2.27. The maximum absolute atomic E-state index is 12.2. The third-order valence-corrected chi connectivity index (χ3v) is 6.48. The summed E-state index contributed by atoms with van der Waals surface area (Å²) in [7, 11) is -3.61. The summed E-state index contributed by atoms with van der Waals surface area (Å²) < 4.78 is 27.2. The number of hydrogen-bond donors (Lipinski definition) is 2. The first-order valence-electron chi connectivity index (χ1n) is 5.49. The Bertz CT molecular complexity index is 737. The first kappa shape index (κ1) is 15.3. The van der Waals surface area contributed by atoms with Crippen molar-refractivity contribution in [3.05, 3.63) is 41.3 Å². The van der Waals surface area contributed by atoms with Crippen molar-refractivity contribution in [1.82, 2.24) is 0 Å². The molecule has 3 N–H and O–H groups in total. The third kappa shape index (κ3) is 3.51. The molecule has 106 valence electrons. The van der Waals surface area contributed by atoms with Crippen molar-refractivity contribution in [1.29, 1.82) is 0 Å². The molecular formula is C12H12N2O2S4. The van der Waals surface area contributed by atoms with Crippen LogP contribution in [0.5, 0.6) is 0 Å². The van der Waals surface area contributed by atoms with Crippen LogP contribution in [0.2, 0.25) is 0 Å². The minimum absolute atomic E-state index is 0.190. The second-order valence-electron chi connectivity index (χ2n) is 3.82. The van der Waals surface area contributed by atoms with E-state index in [0.717, 1.165) is 16.2 Å². The van der Waals surface area contributed by atoms with Crippen molar-refractivity contribution in [2.45, 2.75) is 9.10 Å². The maximum atomic E-state index is 12.2. The van der Waals surface area contributed by atoms with Crippen LogP contribution in [0, 0.1) is 0 Å². The Morgan fingerprint density at radius 2 is 2.10 bits per heavy atom. The van der Waals surface area contributed by atoms with Gasteiger partial charge in [-0.1, -0.05) is 18.3 Å². The number of thiocarbonyl (C=S) groups is 1. The lowest BCUT2D eigenvalue weighted by molar-refractivity contribution is 0.603. The van der Waals surface area contributed by atoms with Crippen LogP contribution in [-0.4, -0.2) is 19.7 Å². The van der Waals surface area contributed by atoms with E-state index in [4.69, 9.17) is 18.0 Å². The summed E-state index contributed by atoms with van der Waals surface area (Å²) >= 11 is 7.43. The van der Waals surface area contributed by atoms with E-state index in [1.54, 1.807) is 36.0 Å². The van der Waals surface area contributed by atoms with Gasteiger partial charge in [0.1, 0.15) is 9.20 Å². The van der Waals surface area contributed by atoms with Crippen LogP contribution in [0.1, 0.15) is 4.88 Å². The molecule has 8 heteroatoms. The molecule has 4 nitrogen and oxygen atoms in total. The zero-order valence-corrected chi connectivity index (χ0v) is 13.8. The first-order valence-corrected chi connectivity index (χ1v) is 9.42. The van der Waals surface area contributed by atoms with Gasteiger partial charge >= 0.3 is 0 Å². The molecule has 1 aromatic carbocycles. The van der Waals surface area contributed by atoms with Crippen molar-refractivity contribution in [3.63, 3.8) is 0 Å². The van der Waals surface area contributed by atoms with Gasteiger partial charge in [-0.3, -0.25) is 4.72 Å². The summed E-state index contributed by atoms with van der Waals surface area (Å²) in [5, 5.41) is 0. The topological polar surface area (TPSA) is 72.2 Å². The summed E-state index contributed by atoms with van der Waals surface area (Å²) in [4.78, 5) is 1.76. The molecule has 0 saturated carbocycles. The Labute approximate surface area is 131 Å². The number of rotatable bonds is 5. The molecule has 0 saturated heterocycles. The number of thioether (sulfide) groups is 1. The molecule has 2 aromatic rings. The van der Waals surface area contributed by atoms with Crippen molar-refractivity contribution in [2.75, 3.05) is 11.0 Å². The lowest BCUT2D eigenvalue weighted by Crippen LogP contribution is -2.11. The van der Waals surface area contributed by atoms with E-state index in [1.807, 2.05) is 12.3 Å². The third-order valence-electron chi connectivity index (χ3n) is 2.41. The highest BCUT2D eigenvalue weighted by Gasteiger charge is 2.17. The van der Waals surface area contributed by atoms with E-state index in [0.29, 0.717) is 10.6 Å². The van der Waals surface area contributed by atoms with Gasteiger partial charge in [-0.2, -0.15) is 0 Å². The van der Waals surface area contributed by atoms with Gasteiger partial charge in [-0.15, -0.1) is 23.1 Å². The molecule has 0 aliphatic rings. The van der Waals surface area contributed by atoms with Gasteiger partial charge in [0.2, 0.25) is 0 Å². The van der Waals surface area contributed by atoms with Crippen LogP contribution >= 0.6 is 35.3 Å². The van der Waals surface area contributed by atoms with Crippen LogP contribution in [-0.2, 0) is 10.0 Å². The van der Waals surface area contributed by atoms with Gasteiger partial charge in [-0.25, -0.2) is 8.42 Å². The van der Waals surface area contributed by atoms with Gasteiger partial charge in [0.15, 0.2) is 0 Å². The largest absolute Gasteiger partial charge is 0.389 e. The minimum Gasteiger partial charge on any atom is -0.389 e. The summed E-state index contributed by atoms with van der Waals surface area (Å²) in [6.07, 6.45) is 1.93. The summed E-state index contributed by atoms with van der Waals surface area (Å²) in [5.41, 5.74) is 6.01. The predicted molar refractivity (Wildman–Crippen MR) is 89.2 cm³/mol. The van der Waals surface area contributed by atoms with Gasteiger partial charge in [0.05, 0.1) is 4.88 Å². The number of benzene rings is 1. The van der Waals surface area contributed by atoms with E-state index < -0.39 is 10.0 Å². The van der Waals surface area contributed by atoms with Crippen molar-refractivity contribution in [2.24, 2.45) is 5.73 Å². The Morgan fingerprint density at radius 3 is 2.70 bits per heavy atom. The van der Waals surface area contributed by atoms with E-state index in [9.17, 15) is 8.42 Å². The Morgan fingerprint density at radius 1 is 1.35 bits per heavy atom. The van der Waals surface area contributed by atoms with Gasteiger partial charge in [0.25, 0.3) is 10.0 Å². The van der Waals surface area contributed by atoms with Crippen LogP contribution < -0.4 is 10.5 Å². The molecule has 0 aliphatic heterocycles. The molecular weight excluding hydrogens is 332 g/mol. The quantitative estimate of drug-likeness (QED) is 0.644. The monoisotopic (exact) mass is 344 g/mol. The van der Waals surface area contributed by atoms with Crippen LogP contribution in [0.3, 0.4) is 0 Å². The number of nitrogens with two attached hydrogens (primary N) is 1. The molecule has 0 unspecified atom stereocenters. The van der Waals surface area contributed by atoms with E-state index in [2.05, 4.69) is 4.72 Å². The number of anilines is 1. The molecule has 20 heavy (non-hydrogen) atoms. The first-order chi connectivity index (χ1) is 9.42. The van der Waals surface area contributed by atoms with Gasteiger partial charge in [-0.05, 0) is 36.6 Å². The van der Waals surface area contributed by atoms with Crippen molar-refractivity contribution in [3.8, 4) is 0 Å². The number of nitrogens with one attached hydrogen (secondary N) is 1. The molecule has 0 radical (unpaired) electrons. The molecule has 1 heterocycles. The Kier molecular flexibility index (Phi) is 4.69. The van der Waals surface area contributed by atoms with E-state index in [-0.39, 0.29) is 9.20 Å². The highest BCUT2D eigenvalue weighted by Crippen LogP contribution is 2.25. The van der Waals surface area contributed by atoms with Crippen LogP contribution in [0.25, 0.3) is 0 Å². The van der Waals surface area contributed by atoms with Crippen molar-refractivity contribution >= 4 is 56.0 Å². The van der Waals surface area contributed by atoms with Gasteiger partial charge < -0.3 is 5.73 Å². The summed E-state index contributed by atoms with van der Waals surface area (Å²) in [6.45, 7) is 0. The molecule has 1 aromatic heterocycles. The smallest absolute Gasteiger partial charge is 0.271 e. The fourth-order valence-electron chi connectivity index (χ4n) is 1.49. The normalized spacial score (nSPS) is 11.2. The highest BCUT2D eigenvalue weighted by molar-refractivity contribution is 7.98. The number of sulfonamides is 1. The lowest BCUT2D eigenvalue weighted by atomic mass is 10.3. The zero-order valence-electron chi connectivity index (χ0n) is 10.5. The average molecular weight is 345 g/mol. The highest BCUT2D eigenvalue weighted by atomic mass is 32.2. The molecule has 0 bridgehead atoms. The molecule has 2 rings (SSSR count). The second kappa shape index (κ2) is 6.13.